The predicted octanol–water partition coefficient (Wildman–Crippen LogP) is 3.57. The summed E-state index contributed by atoms with van der Waals surface area (Å²) in [7, 11) is 1.66. The fourth-order valence-corrected chi connectivity index (χ4v) is 2.23. The average Bonchev–Trinajstić information content (AvgIpc) is 2.53. The van der Waals surface area contributed by atoms with Gasteiger partial charge < -0.3 is 4.74 Å². The van der Waals surface area contributed by atoms with Crippen molar-refractivity contribution in [2.45, 2.75) is 12.8 Å². The third kappa shape index (κ3) is 3.14. The lowest BCUT2D eigenvalue weighted by atomic mass is 10.0. The van der Waals surface area contributed by atoms with Crippen molar-refractivity contribution in [1.29, 1.82) is 0 Å². The van der Waals surface area contributed by atoms with Gasteiger partial charge in [0.05, 0.1) is 5.71 Å². The lowest BCUT2D eigenvalue weighted by molar-refractivity contribution is -0.130. The third-order valence-electron chi connectivity index (χ3n) is 3.44. The van der Waals surface area contributed by atoms with Gasteiger partial charge in [0.25, 0.3) is 0 Å². The van der Waals surface area contributed by atoms with Gasteiger partial charge in [-0.05, 0) is 54.1 Å². The molecule has 0 saturated carbocycles. The molecule has 2 aromatic rings. The number of ether oxygens (including phenoxy) is 1. The Labute approximate surface area is 127 Å². The summed E-state index contributed by atoms with van der Waals surface area (Å²) in [5, 5.41) is 5.65. The maximum absolute atomic E-state index is 12.8. The van der Waals surface area contributed by atoms with E-state index >= 15 is 0 Å². The molecule has 4 nitrogen and oxygen atoms in total. The highest BCUT2D eigenvalue weighted by molar-refractivity contribution is 6.04. The van der Waals surface area contributed by atoms with E-state index in [0.717, 1.165) is 11.3 Å². The van der Waals surface area contributed by atoms with Crippen LogP contribution in [0.25, 0.3) is 0 Å². The van der Waals surface area contributed by atoms with Crippen LogP contribution in [-0.2, 0) is 4.79 Å². The normalized spacial score (nSPS) is 14.7. The maximum atomic E-state index is 12.8. The van der Waals surface area contributed by atoms with E-state index in [2.05, 4.69) is 5.10 Å². The Morgan fingerprint density at radius 1 is 1.00 bits per heavy atom. The number of carbonyl (C=O) groups excluding carboxylic acids is 1. The fraction of sp³-hybridized carbons (Fsp3) is 0.176. The second kappa shape index (κ2) is 5.97. The first kappa shape index (κ1) is 14.3. The van der Waals surface area contributed by atoms with Crippen LogP contribution < -0.4 is 4.74 Å². The number of hydrazone groups is 1. The molecule has 0 spiro atoms. The molecule has 1 amide bonds. The highest BCUT2D eigenvalue weighted by atomic mass is 19.1. The molecule has 112 valence electrons. The van der Waals surface area contributed by atoms with E-state index in [9.17, 15) is 9.18 Å². The number of carbonyl (C=O) groups is 1. The molecule has 1 aliphatic heterocycles. The quantitative estimate of drug-likeness (QED) is 0.869. The van der Waals surface area contributed by atoms with E-state index < -0.39 is 0 Å². The van der Waals surface area contributed by atoms with Crippen LogP contribution in [-0.4, -0.2) is 23.7 Å². The molecule has 0 bridgehead atoms. The molecule has 0 aromatic heterocycles. The van der Waals surface area contributed by atoms with Crippen LogP contribution in [0.5, 0.6) is 11.5 Å². The van der Waals surface area contributed by atoms with Gasteiger partial charge in [0.1, 0.15) is 17.3 Å². The highest BCUT2D eigenvalue weighted by Crippen LogP contribution is 2.23. The van der Waals surface area contributed by atoms with Gasteiger partial charge >= 0.3 is 0 Å². The van der Waals surface area contributed by atoms with Gasteiger partial charge in [0.2, 0.25) is 5.91 Å². The first-order valence-corrected chi connectivity index (χ1v) is 7.00. The smallest absolute Gasteiger partial charge is 0.242 e. The van der Waals surface area contributed by atoms with Gasteiger partial charge in [0.15, 0.2) is 0 Å². The van der Waals surface area contributed by atoms with Gasteiger partial charge in [0, 0.05) is 19.9 Å². The summed E-state index contributed by atoms with van der Waals surface area (Å²) in [6.45, 7) is 0. The lowest BCUT2D eigenvalue weighted by Crippen LogP contribution is -2.28. The van der Waals surface area contributed by atoms with Crippen molar-refractivity contribution in [1.82, 2.24) is 5.01 Å². The zero-order valence-corrected chi connectivity index (χ0v) is 12.1. The van der Waals surface area contributed by atoms with Crippen molar-refractivity contribution >= 4 is 11.6 Å². The first-order chi connectivity index (χ1) is 10.6. The van der Waals surface area contributed by atoms with Crippen molar-refractivity contribution in [3.8, 4) is 11.5 Å². The van der Waals surface area contributed by atoms with Crippen molar-refractivity contribution in [3.63, 3.8) is 0 Å². The van der Waals surface area contributed by atoms with E-state index in [-0.39, 0.29) is 11.7 Å². The number of hydrogen-bond acceptors (Lipinski definition) is 3. The van der Waals surface area contributed by atoms with Crippen LogP contribution in [0.4, 0.5) is 4.39 Å². The Balaban J connectivity index is 1.74. The van der Waals surface area contributed by atoms with E-state index in [0.29, 0.717) is 24.3 Å². The molecule has 1 aliphatic rings. The molecule has 0 unspecified atom stereocenters. The van der Waals surface area contributed by atoms with Gasteiger partial charge in [-0.2, -0.15) is 5.10 Å². The molecule has 0 atom stereocenters. The Morgan fingerprint density at radius 3 is 2.18 bits per heavy atom. The van der Waals surface area contributed by atoms with Gasteiger partial charge in [-0.3, -0.25) is 4.79 Å². The summed E-state index contributed by atoms with van der Waals surface area (Å²) in [4.78, 5) is 11.4. The van der Waals surface area contributed by atoms with Crippen LogP contribution >= 0.6 is 0 Å². The number of amides is 1. The number of halogens is 1. The van der Waals surface area contributed by atoms with Crippen LogP contribution in [0.3, 0.4) is 0 Å². The molecular weight excluding hydrogens is 283 g/mol. The summed E-state index contributed by atoms with van der Waals surface area (Å²) >= 11 is 0. The van der Waals surface area contributed by atoms with Crippen molar-refractivity contribution in [2.24, 2.45) is 5.10 Å². The second-order valence-corrected chi connectivity index (χ2v) is 5.04. The molecule has 0 fully saturated rings. The largest absolute Gasteiger partial charge is 0.457 e. The topological polar surface area (TPSA) is 41.9 Å². The van der Waals surface area contributed by atoms with Crippen molar-refractivity contribution in [2.75, 3.05) is 7.05 Å². The standard InChI is InChI=1S/C17H15FN2O2/c1-20-17(21)11-10-16(19-20)12-2-6-14(7-3-12)22-15-8-4-13(18)5-9-15/h2-9H,10-11H2,1H3. The molecule has 2 aromatic carbocycles. The molecule has 0 aliphatic carbocycles. The minimum absolute atomic E-state index is 0.0278. The lowest BCUT2D eigenvalue weighted by Gasteiger charge is -2.19. The van der Waals surface area contributed by atoms with Crippen LogP contribution in [0.1, 0.15) is 18.4 Å². The van der Waals surface area contributed by atoms with Crippen LogP contribution in [0.2, 0.25) is 0 Å². The zero-order valence-electron chi connectivity index (χ0n) is 12.1. The molecule has 0 N–H and O–H groups in total. The Hall–Kier alpha value is -2.69. The number of nitrogens with zero attached hydrogens (tertiary/aromatic N) is 2. The first-order valence-electron chi connectivity index (χ1n) is 7.00. The maximum Gasteiger partial charge on any atom is 0.242 e. The summed E-state index contributed by atoms with van der Waals surface area (Å²) in [5.41, 5.74) is 1.85. The minimum atomic E-state index is -0.295. The highest BCUT2D eigenvalue weighted by Gasteiger charge is 2.17. The monoisotopic (exact) mass is 298 g/mol. The predicted molar refractivity (Wildman–Crippen MR) is 81.5 cm³/mol. The molecular formula is C17H15FN2O2. The van der Waals surface area contributed by atoms with Crippen LogP contribution in [0.15, 0.2) is 53.6 Å². The van der Waals surface area contributed by atoms with Crippen LogP contribution in [0, 0.1) is 5.82 Å². The van der Waals surface area contributed by atoms with E-state index in [1.165, 1.54) is 17.1 Å². The van der Waals surface area contributed by atoms with Crippen molar-refractivity contribution in [3.05, 3.63) is 59.9 Å². The summed E-state index contributed by atoms with van der Waals surface area (Å²) in [6, 6.07) is 13.3. The second-order valence-electron chi connectivity index (χ2n) is 5.04. The summed E-state index contributed by atoms with van der Waals surface area (Å²) < 4.78 is 18.5. The molecule has 3 rings (SSSR count). The Morgan fingerprint density at radius 2 is 1.59 bits per heavy atom. The molecule has 0 saturated heterocycles. The summed E-state index contributed by atoms with van der Waals surface area (Å²) in [6.07, 6.45) is 1.12. The number of rotatable bonds is 3. The van der Waals surface area contributed by atoms with Crippen molar-refractivity contribution < 1.29 is 13.9 Å². The van der Waals surface area contributed by atoms with E-state index in [1.807, 2.05) is 24.3 Å². The fourth-order valence-electron chi connectivity index (χ4n) is 2.23. The third-order valence-corrected chi connectivity index (χ3v) is 3.44. The SMILES string of the molecule is CN1N=C(c2ccc(Oc3ccc(F)cc3)cc2)CCC1=O. The zero-order chi connectivity index (χ0) is 15.5. The molecule has 0 radical (unpaired) electrons. The molecule has 1 heterocycles. The Kier molecular flexibility index (Phi) is 3.87. The Bertz CT molecular complexity index is 708. The van der Waals surface area contributed by atoms with E-state index in [4.69, 9.17) is 4.74 Å². The van der Waals surface area contributed by atoms with Gasteiger partial charge in [-0.25, -0.2) is 9.40 Å². The molecule has 22 heavy (non-hydrogen) atoms. The van der Waals surface area contributed by atoms with Gasteiger partial charge in [-0.15, -0.1) is 0 Å². The minimum Gasteiger partial charge on any atom is -0.457 e. The number of benzene rings is 2. The average molecular weight is 298 g/mol. The number of hydrogen-bond donors (Lipinski definition) is 0. The van der Waals surface area contributed by atoms with Gasteiger partial charge in [-0.1, -0.05) is 0 Å². The molecule has 5 heteroatoms. The summed E-state index contributed by atoms with van der Waals surface area (Å²) in [5.74, 6) is 0.974. The van der Waals surface area contributed by atoms with E-state index in [1.54, 1.807) is 19.2 Å².